The number of hydrogen-bond acceptors (Lipinski definition) is 3. The number of likely N-dealkylation sites (N-methyl/N-ethyl adjacent to an activating group) is 1. The quantitative estimate of drug-likeness (QED) is 0.756. The average Bonchev–Trinajstić information content (AvgIpc) is 2.60. The lowest BCUT2D eigenvalue weighted by Gasteiger charge is -2.34. The summed E-state index contributed by atoms with van der Waals surface area (Å²) < 4.78 is 0. The van der Waals surface area contributed by atoms with Crippen LogP contribution in [0.2, 0.25) is 0 Å². The number of rotatable bonds is 5. The van der Waals surface area contributed by atoms with E-state index in [1.807, 2.05) is 27.7 Å². The van der Waals surface area contributed by atoms with E-state index in [9.17, 15) is 14.4 Å². The molecule has 0 aromatic heterocycles. The molecular weight excluding hydrogens is 246 g/mol. The maximum atomic E-state index is 12.1. The number of urea groups is 1. The normalized spacial score (nSPS) is 17.9. The Morgan fingerprint density at radius 1 is 1.32 bits per heavy atom. The number of carbonyl (C=O) groups excluding carboxylic acids is 3. The van der Waals surface area contributed by atoms with Crippen molar-refractivity contribution in [1.82, 2.24) is 15.1 Å². The van der Waals surface area contributed by atoms with Crippen LogP contribution in [0.4, 0.5) is 4.79 Å². The highest BCUT2D eigenvalue weighted by molar-refractivity contribution is 6.08. The highest BCUT2D eigenvalue weighted by Crippen LogP contribution is 2.29. The zero-order chi connectivity index (χ0) is 14.8. The van der Waals surface area contributed by atoms with Crippen molar-refractivity contribution in [2.75, 3.05) is 13.6 Å². The first-order chi connectivity index (χ1) is 8.80. The lowest BCUT2D eigenvalue weighted by Crippen LogP contribution is -2.53. The van der Waals surface area contributed by atoms with Gasteiger partial charge in [0.25, 0.3) is 5.91 Å². The molecule has 0 aromatic rings. The Balaban J connectivity index is 2.94. The van der Waals surface area contributed by atoms with Gasteiger partial charge in [-0.1, -0.05) is 13.8 Å². The van der Waals surface area contributed by atoms with Gasteiger partial charge in [0.2, 0.25) is 5.91 Å². The summed E-state index contributed by atoms with van der Waals surface area (Å²) in [7, 11) is 1.70. The molecule has 108 valence electrons. The van der Waals surface area contributed by atoms with E-state index >= 15 is 0 Å². The Kier molecular flexibility index (Phi) is 4.55. The summed E-state index contributed by atoms with van der Waals surface area (Å²) in [5, 5.41) is 2.31. The van der Waals surface area contributed by atoms with E-state index in [4.69, 9.17) is 0 Å². The molecule has 1 aliphatic rings. The highest BCUT2D eigenvalue weighted by atomic mass is 16.2. The number of imide groups is 1. The van der Waals surface area contributed by atoms with Crippen molar-refractivity contribution in [3.8, 4) is 0 Å². The fourth-order valence-electron chi connectivity index (χ4n) is 2.31. The lowest BCUT2D eigenvalue weighted by atomic mass is 9.91. The van der Waals surface area contributed by atoms with Crippen LogP contribution >= 0.6 is 0 Å². The number of nitrogens with zero attached hydrogens (tertiary/aromatic N) is 2. The number of amides is 4. The molecule has 1 heterocycles. The van der Waals surface area contributed by atoms with Crippen molar-refractivity contribution in [3.05, 3.63) is 0 Å². The fraction of sp³-hybridized carbons (Fsp3) is 0.769. The third kappa shape index (κ3) is 2.57. The summed E-state index contributed by atoms with van der Waals surface area (Å²) >= 11 is 0. The summed E-state index contributed by atoms with van der Waals surface area (Å²) in [6, 6.07) is -0.411. The second-order valence-corrected chi connectivity index (χ2v) is 5.18. The largest absolute Gasteiger partial charge is 0.342 e. The van der Waals surface area contributed by atoms with Gasteiger partial charge in [-0.25, -0.2) is 4.79 Å². The van der Waals surface area contributed by atoms with Crippen molar-refractivity contribution >= 4 is 17.8 Å². The van der Waals surface area contributed by atoms with Crippen LogP contribution in [0.5, 0.6) is 0 Å². The van der Waals surface area contributed by atoms with Gasteiger partial charge in [0, 0.05) is 13.1 Å². The van der Waals surface area contributed by atoms with Crippen LogP contribution in [0.1, 0.15) is 40.5 Å². The summed E-state index contributed by atoms with van der Waals surface area (Å²) in [6.07, 6.45) is 0.999. The van der Waals surface area contributed by atoms with Gasteiger partial charge in [-0.05, 0) is 26.7 Å². The lowest BCUT2D eigenvalue weighted by molar-refractivity contribution is -0.134. The van der Waals surface area contributed by atoms with E-state index in [1.165, 1.54) is 4.90 Å². The van der Waals surface area contributed by atoms with E-state index in [0.717, 1.165) is 0 Å². The average molecular weight is 269 g/mol. The molecule has 1 aliphatic heterocycles. The molecule has 6 nitrogen and oxygen atoms in total. The van der Waals surface area contributed by atoms with Gasteiger partial charge in [-0.15, -0.1) is 0 Å². The monoisotopic (exact) mass is 269 g/mol. The number of carbonyl (C=O) groups is 3. The fourth-order valence-corrected chi connectivity index (χ4v) is 2.31. The Morgan fingerprint density at radius 3 is 2.26 bits per heavy atom. The van der Waals surface area contributed by atoms with Gasteiger partial charge in [-0.2, -0.15) is 0 Å². The molecule has 1 saturated heterocycles. The summed E-state index contributed by atoms with van der Waals surface area (Å²) in [4.78, 5) is 38.9. The zero-order valence-electron chi connectivity index (χ0n) is 12.3. The molecule has 0 aromatic carbocycles. The van der Waals surface area contributed by atoms with E-state index in [2.05, 4.69) is 5.32 Å². The first-order valence-electron chi connectivity index (χ1n) is 6.68. The van der Waals surface area contributed by atoms with Crippen molar-refractivity contribution in [1.29, 1.82) is 0 Å². The third-order valence-corrected chi connectivity index (χ3v) is 4.04. The summed E-state index contributed by atoms with van der Waals surface area (Å²) in [5.41, 5.74) is -0.884. The van der Waals surface area contributed by atoms with Crippen LogP contribution in [0.25, 0.3) is 0 Å². The minimum absolute atomic E-state index is 0.0616. The van der Waals surface area contributed by atoms with E-state index in [1.54, 1.807) is 11.9 Å². The second-order valence-electron chi connectivity index (χ2n) is 5.18. The van der Waals surface area contributed by atoms with Crippen LogP contribution in [0, 0.1) is 0 Å². The summed E-state index contributed by atoms with van der Waals surface area (Å²) in [6.45, 7) is 7.45. The van der Waals surface area contributed by atoms with E-state index in [-0.39, 0.29) is 24.4 Å². The van der Waals surface area contributed by atoms with Gasteiger partial charge in [0.05, 0.1) is 0 Å². The molecule has 0 atom stereocenters. The maximum Gasteiger partial charge on any atom is 0.325 e. The molecule has 0 spiro atoms. The minimum Gasteiger partial charge on any atom is -0.342 e. The first kappa shape index (κ1) is 15.5. The summed E-state index contributed by atoms with van der Waals surface area (Å²) in [5.74, 6) is -0.464. The van der Waals surface area contributed by atoms with Crippen LogP contribution in [0.15, 0.2) is 0 Å². The smallest absolute Gasteiger partial charge is 0.325 e. The molecule has 19 heavy (non-hydrogen) atoms. The highest BCUT2D eigenvalue weighted by Gasteiger charge is 2.50. The molecule has 0 aliphatic carbocycles. The topological polar surface area (TPSA) is 69.7 Å². The Labute approximate surface area is 114 Å². The van der Waals surface area contributed by atoms with Crippen LogP contribution in [-0.4, -0.2) is 52.8 Å². The van der Waals surface area contributed by atoms with E-state index in [0.29, 0.717) is 12.8 Å². The molecule has 0 bridgehead atoms. The zero-order valence-corrected chi connectivity index (χ0v) is 12.3. The molecule has 1 N–H and O–H groups in total. The maximum absolute atomic E-state index is 12.1. The molecule has 1 fully saturated rings. The molecular formula is C13H23N3O3. The number of nitrogens with one attached hydrogen (secondary N) is 1. The molecule has 1 rings (SSSR count). The Bertz CT molecular complexity index is 389. The van der Waals surface area contributed by atoms with Gasteiger partial charge in [0.1, 0.15) is 12.1 Å². The van der Waals surface area contributed by atoms with Crippen molar-refractivity contribution < 1.29 is 14.4 Å². The predicted molar refractivity (Wildman–Crippen MR) is 71.5 cm³/mol. The standard InChI is InChI=1S/C13H23N3O3/c1-6-13(7-2)11(18)14-12(19)16(13)8-10(17)15(5)9(3)4/h9H,6-8H2,1-5H3,(H,14,18,19). The molecule has 0 radical (unpaired) electrons. The molecule has 0 unspecified atom stereocenters. The van der Waals surface area contributed by atoms with Crippen LogP contribution < -0.4 is 5.32 Å². The second kappa shape index (κ2) is 5.59. The van der Waals surface area contributed by atoms with Gasteiger partial charge in [0.15, 0.2) is 0 Å². The first-order valence-corrected chi connectivity index (χ1v) is 6.68. The molecule has 0 saturated carbocycles. The predicted octanol–water partition coefficient (Wildman–Crippen LogP) is 0.964. The third-order valence-electron chi connectivity index (χ3n) is 4.04. The Morgan fingerprint density at radius 2 is 1.84 bits per heavy atom. The van der Waals surface area contributed by atoms with Crippen molar-refractivity contribution in [2.45, 2.75) is 52.1 Å². The molecule has 6 heteroatoms. The minimum atomic E-state index is -0.884. The van der Waals surface area contributed by atoms with Gasteiger partial charge >= 0.3 is 6.03 Å². The van der Waals surface area contributed by atoms with Crippen molar-refractivity contribution in [2.24, 2.45) is 0 Å². The van der Waals surface area contributed by atoms with E-state index < -0.39 is 11.6 Å². The van der Waals surface area contributed by atoms with Crippen LogP contribution in [0.3, 0.4) is 0 Å². The molecule has 4 amide bonds. The SMILES string of the molecule is CCC1(CC)C(=O)NC(=O)N1CC(=O)N(C)C(C)C. The van der Waals surface area contributed by atoms with Gasteiger partial charge in [-0.3, -0.25) is 14.9 Å². The number of hydrogen-bond donors (Lipinski definition) is 1. The van der Waals surface area contributed by atoms with Crippen molar-refractivity contribution in [3.63, 3.8) is 0 Å². The Hall–Kier alpha value is -1.59. The van der Waals surface area contributed by atoms with Gasteiger partial charge < -0.3 is 9.80 Å². The van der Waals surface area contributed by atoms with Crippen LogP contribution in [-0.2, 0) is 9.59 Å².